The largest absolute Gasteiger partial charge is 0.383 e. The number of piperazine rings is 1. The van der Waals surface area contributed by atoms with Crippen LogP contribution in [-0.2, 0) is 6.42 Å². The maximum atomic E-state index is 6.28. The Morgan fingerprint density at radius 3 is 2.50 bits per heavy atom. The van der Waals surface area contributed by atoms with Gasteiger partial charge < -0.3 is 10.6 Å². The zero-order valence-corrected chi connectivity index (χ0v) is 18.4. The fraction of sp³-hybridized carbons (Fsp3) is 0.522. The van der Waals surface area contributed by atoms with Gasteiger partial charge in [-0.1, -0.05) is 13.3 Å². The summed E-state index contributed by atoms with van der Waals surface area (Å²) < 4.78 is 1.30. The van der Waals surface area contributed by atoms with Crippen molar-refractivity contribution in [1.82, 2.24) is 9.88 Å². The molecule has 0 spiro atoms. The van der Waals surface area contributed by atoms with Crippen LogP contribution in [0, 0.1) is 0 Å². The third kappa shape index (κ3) is 3.70. The van der Waals surface area contributed by atoms with Crippen LogP contribution >= 0.6 is 11.3 Å². The molecule has 3 aromatic rings. The minimum absolute atomic E-state index is 0.245. The molecule has 0 unspecified atom stereocenters. The highest BCUT2D eigenvalue weighted by atomic mass is 32.1. The van der Waals surface area contributed by atoms with Gasteiger partial charge in [0.2, 0.25) is 0 Å². The Balaban J connectivity index is 1.67. The van der Waals surface area contributed by atoms with Crippen molar-refractivity contribution in [3.05, 3.63) is 29.1 Å². The predicted octanol–water partition coefficient (Wildman–Crippen LogP) is 5.29. The van der Waals surface area contributed by atoms with Crippen LogP contribution in [0.5, 0.6) is 0 Å². The first kappa shape index (κ1) is 19.5. The molecule has 1 aliphatic rings. The molecule has 0 aliphatic carbocycles. The van der Waals surface area contributed by atoms with Crippen LogP contribution in [0.3, 0.4) is 0 Å². The molecule has 2 N–H and O–H groups in total. The first-order chi connectivity index (χ1) is 13.4. The normalized spacial score (nSPS) is 16.4. The van der Waals surface area contributed by atoms with Crippen LogP contribution < -0.4 is 10.6 Å². The molecule has 1 fully saturated rings. The molecule has 0 radical (unpaired) electrons. The van der Waals surface area contributed by atoms with E-state index >= 15 is 0 Å². The summed E-state index contributed by atoms with van der Waals surface area (Å²) >= 11 is 1.89. The van der Waals surface area contributed by atoms with Crippen LogP contribution in [0.4, 0.5) is 11.5 Å². The first-order valence-electron chi connectivity index (χ1n) is 10.5. The average Bonchev–Trinajstić information content (AvgIpc) is 3.11. The summed E-state index contributed by atoms with van der Waals surface area (Å²) in [7, 11) is 0. The number of nitrogen functional groups attached to an aromatic ring is 1. The molecule has 2 aromatic heterocycles. The molecule has 1 aromatic carbocycles. The lowest BCUT2D eigenvalue weighted by Crippen LogP contribution is -2.53. The number of thiophene rings is 1. The van der Waals surface area contributed by atoms with Crippen molar-refractivity contribution < 1.29 is 0 Å². The molecule has 1 saturated heterocycles. The van der Waals surface area contributed by atoms with Crippen LogP contribution in [-0.4, -0.2) is 41.6 Å². The van der Waals surface area contributed by atoms with E-state index in [-0.39, 0.29) is 5.54 Å². The monoisotopic (exact) mass is 396 g/mol. The fourth-order valence-electron chi connectivity index (χ4n) is 4.13. The second-order valence-electron chi connectivity index (χ2n) is 8.90. The van der Waals surface area contributed by atoms with E-state index in [2.05, 4.69) is 66.7 Å². The lowest BCUT2D eigenvalue weighted by Gasteiger charge is -2.43. The van der Waals surface area contributed by atoms with Crippen molar-refractivity contribution in [2.24, 2.45) is 0 Å². The number of nitrogens with two attached hydrogens (primary N) is 1. The molecule has 3 heterocycles. The molecule has 28 heavy (non-hydrogen) atoms. The molecular formula is C23H32N4S. The predicted molar refractivity (Wildman–Crippen MR) is 124 cm³/mol. The summed E-state index contributed by atoms with van der Waals surface area (Å²) in [5.41, 5.74) is 8.83. The van der Waals surface area contributed by atoms with Gasteiger partial charge in [0.05, 0.1) is 5.52 Å². The maximum Gasteiger partial charge on any atom is 0.132 e. The van der Waals surface area contributed by atoms with Crippen LogP contribution in [0.1, 0.15) is 45.4 Å². The van der Waals surface area contributed by atoms with Gasteiger partial charge in [-0.2, -0.15) is 0 Å². The van der Waals surface area contributed by atoms with Gasteiger partial charge in [-0.25, -0.2) is 4.98 Å². The molecular weight excluding hydrogens is 364 g/mol. The molecule has 0 atom stereocenters. The van der Waals surface area contributed by atoms with E-state index < -0.39 is 0 Å². The summed E-state index contributed by atoms with van der Waals surface area (Å²) in [6, 6.07) is 8.93. The highest BCUT2D eigenvalue weighted by Crippen LogP contribution is 2.37. The van der Waals surface area contributed by atoms with Gasteiger partial charge >= 0.3 is 0 Å². The Morgan fingerprint density at radius 1 is 1.07 bits per heavy atom. The highest BCUT2D eigenvalue weighted by Gasteiger charge is 2.26. The molecule has 5 heteroatoms. The van der Waals surface area contributed by atoms with E-state index in [1.807, 2.05) is 11.3 Å². The molecule has 4 rings (SSSR count). The molecule has 4 nitrogen and oxygen atoms in total. The Kier molecular flexibility index (Phi) is 5.23. The Hall–Kier alpha value is -1.85. The summed E-state index contributed by atoms with van der Waals surface area (Å²) in [4.78, 5) is 11.2. The first-order valence-corrected chi connectivity index (χ1v) is 11.3. The smallest absolute Gasteiger partial charge is 0.132 e. The van der Waals surface area contributed by atoms with Crippen molar-refractivity contribution in [2.75, 3.05) is 36.8 Å². The summed E-state index contributed by atoms with van der Waals surface area (Å²) in [5.74, 6) is 0.660. The Bertz CT molecular complexity index is 978. The lowest BCUT2D eigenvalue weighted by molar-refractivity contribution is 0.128. The van der Waals surface area contributed by atoms with Crippen LogP contribution in [0.25, 0.3) is 21.0 Å². The number of aromatic nitrogens is 1. The van der Waals surface area contributed by atoms with Gasteiger partial charge in [0.15, 0.2) is 0 Å². The highest BCUT2D eigenvalue weighted by molar-refractivity contribution is 7.20. The number of hydrogen-bond donors (Lipinski definition) is 1. The minimum atomic E-state index is 0.245. The number of nitrogens with zero attached hydrogens (tertiary/aromatic N) is 3. The number of rotatable bonds is 4. The minimum Gasteiger partial charge on any atom is -0.383 e. The zero-order valence-electron chi connectivity index (χ0n) is 17.6. The second kappa shape index (κ2) is 7.53. The Morgan fingerprint density at radius 2 is 1.82 bits per heavy atom. The number of fused-ring (bicyclic) bond motifs is 3. The van der Waals surface area contributed by atoms with Crippen molar-refractivity contribution in [3.8, 4) is 0 Å². The number of anilines is 2. The van der Waals surface area contributed by atoms with Crippen LogP contribution in [0.15, 0.2) is 24.3 Å². The third-order valence-electron chi connectivity index (χ3n) is 5.89. The topological polar surface area (TPSA) is 45.4 Å². The van der Waals surface area contributed by atoms with Gasteiger partial charge in [0.25, 0.3) is 0 Å². The lowest BCUT2D eigenvalue weighted by atomic mass is 10.0. The molecule has 0 bridgehead atoms. The molecule has 150 valence electrons. The van der Waals surface area contributed by atoms with E-state index in [1.54, 1.807) is 0 Å². The summed E-state index contributed by atoms with van der Waals surface area (Å²) in [6.45, 7) is 13.5. The van der Waals surface area contributed by atoms with E-state index in [9.17, 15) is 0 Å². The number of benzene rings is 1. The van der Waals surface area contributed by atoms with Gasteiger partial charge in [-0.3, -0.25) is 4.90 Å². The number of pyridine rings is 1. The van der Waals surface area contributed by atoms with E-state index in [0.29, 0.717) is 5.82 Å². The zero-order chi connectivity index (χ0) is 19.9. The van der Waals surface area contributed by atoms with Crippen molar-refractivity contribution in [1.29, 1.82) is 0 Å². The second-order valence-corrected chi connectivity index (χ2v) is 10.0. The van der Waals surface area contributed by atoms with Gasteiger partial charge in [-0.05, 0) is 57.9 Å². The SMILES string of the molecule is CCCCc1cc2c(N)nc3ccc(N4CCN(C(C)(C)C)CC4)cc3c2s1. The maximum absolute atomic E-state index is 6.28. The fourth-order valence-corrected chi connectivity index (χ4v) is 5.36. The standard InChI is InChI=1S/C23H32N4S/c1-5-6-7-17-15-19-21(28-17)18-14-16(8-9-20(18)25-22(19)24)26-10-12-27(13-11-26)23(2,3)4/h8-9,14-15H,5-7,10-13H2,1-4H3,(H2,24,25). The number of aryl methyl sites for hydroxylation is 1. The summed E-state index contributed by atoms with van der Waals surface area (Å²) in [5, 5.41) is 2.37. The van der Waals surface area contributed by atoms with E-state index in [4.69, 9.17) is 5.73 Å². The van der Waals surface area contributed by atoms with Gasteiger partial charge in [0.1, 0.15) is 5.82 Å². The number of unbranched alkanes of at least 4 members (excludes halogenated alkanes) is 1. The Labute approximate surface area is 172 Å². The van der Waals surface area contributed by atoms with Gasteiger partial charge in [0, 0.05) is 57.8 Å². The molecule has 0 saturated carbocycles. The molecule has 0 amide bonds. The molecule has 1 aliphatic heterocycles. The van der Waals surface area contributed by atoms with E-state index in [1.165, 1.54) is 33.5 Å². The van der Waals surface area contributed by atoms with Crippen molar-refractivity contribution in [3.63, 3.8) is 0 Å². The van der Waals surface area contributed by atoms with Crippen molar-refractivity contribution >= 4 is 43.8 Å². The third-order valence-corrected chi connectivity index (χ3v) is 7.12. The van der Waals surface area contributed by atoms with Crippen molar-refractivity contribution in [2.45, 2.75) is 52.5 Å². The quantitative estimate of drug-likeness (QED) is 0.650. The van der Waals surface area contributed by atoms with Crippen LogP contribution in [0.2, 0.25) is 0 Å². The van der Waals surface area contributed by atoms with E-state index in [0.717, 1.165) is 43.5 Å². The average molecular weight is 397 g/mol. The number of hydrogen-bond acceptors (Lipinski definition) is 5. The summed E-state index contributed by atoms with van der Waals surface area (Å²) in [6.07, 6.45) is 3.57. The van der Waals surface area contributed by atoms with Gasteiger partial charge in [-0.15, -0.1) is 11.3 Å².